The van der Waals surface area contributed by atoms with E-state index in [2.05, 4.69) is 120 Å². The first kappa shape index (κ1) is 27.9. The van der Waals surface area contributed by atoms with Crippen molar-refractivity contribution in [3.63, 3.8) is 0 Å². The number of amides is 1. The number of rotatable bonds is 10. The molecule has 198 valence electrons. The molecule has 0 fully saturated rings. The summed E-state index contributed by atoms with van der Waals surface area (Å²) in [4.78, 5) is 12.9. The third-order valence-electron chi connectivity index (χ3n) is 7.11. The summed E-state index contributed by atoms with van der Waals surface area (Å²) in [5.74, 6) is 6.38. The van der Waals surface area contributed by atoms with Crippen LogP contribution in [0.2, 0.25) is 0 Å². The summed E-state index contributed by atoms with van der Waals surface area (Å²) in [7, 11) is 0. The fourth-order valence-corrected chi connectivity index (χ4v) is 4.83. The zero-order valence-electron chi connectivity index (χ0n) is 23.2. The predicted octanol–water partition coefficient (Wildman–Crippen LogP) is 7.41. The molecule has 0 saturated carbocycles. The number of hydrogen-bond acceptors (Lipinski definition) is 2. The van der Waals surface area contributed by atoms with Crippen molar-refractivity contribution < 1.29 is 4.79 Å². The average Bonchev–Trinajstić information content (AvgIpc) is 2.97. The molecule has 0 saturated heterocycles. The topological polar surface area (TPSA) is 41.1 Å². The minimum absolute atomic E-state index is 0.0500. The van der Waals surface area contributed by atoms with E-state index in [0.717, 1.165) is 6.42 Å². The highest BCUT2D eigenvalue weighted by atomic mass is 16.2. The van der Waals surface area contributed by atoms with E-state index in [9.17, 15) is 4.79 Å². The van der Waals surface area contributed by atoms with Crippen LogP contribution in [0.15, 0.2) is 115 Å². The Labute approximate surface area is 233 Å². The summed E-state index contributed by atoms with van der Waals surface area (Å²) in [6.07, 6.45) is 4.66. The quantitative estimate of drug-likeness (QED) is 0.216. The van der Waals surface area contributed by atoms with Gasteiger partial charge in [-0.15, -0.1) is 0 Å². The Balaban J connectivity index is 1.27. The van der Waals surface area contributed by atoms with Gasteiger partial charge in [-0.05, 0) is 60.7 Å². The highest BCUT2D eigenvalue weighted by Gasteiger charge is 2.25. The van der Waals surface area contributed by atoms with Crippen LogP contribution in [-0.4, -0.2) is 19.0 Å². The Morgan fingerprint density at radius 3 is 2.15 bits per heavy atom. The standard InChI is InChI=1S/C36H38N2O/c1-28(32-23-15-21-31-20-11-12-22-34(31)32)37-26-14-6-13-25-36(2,3)35(39)38-27-24-33(29-16-7-4-8-17-29)30-18-9-5-10-19-30/h4-12,14-23,28,33,37H,24,26-27H2,1-3H3,(H,38,39)/t28-/m1/s1. The molecular formula is C36H38N2O. The van der Waals surface area contributed by atoms with Crippen LogP contribution in [0.3, 0.4) is 0 Å². The number of hydrogen-bond donors (Lipinski definition) is 2. The molecule has 0 aliphatic heterocycles. The average molecular weight is 515 g/mol. The summed E-state index contributed by atoms with van der Waals surface area (Å²) in [6.45, 7) is 7.21. The number of allylic oxidation sites excluding steroid dienone is 1. The highest BCUT2D eigenvalue weighted by molar-refractivity contribution is 5.86. The van der Waals surface area contributed by atoms with Gasteiger partial charge in [0.2, 0.25) is 5.91 Å². The molecule has 0 radical (unpaired) electrons. The van der Waals surface area contributed by atoms with Crippen molar-refractivity contribution in [2.45, 2.75) is 39.2 Å². The number of carbonyl (C=O) groups excluding carboxylic acids is 1. The first-order valence-electron chi connectivity index (χ1n) is 13.7. The lowest BCUT2D eigenvalue weighted by molar-refractivity contribution is -0.126. The fourth-order valence-electron chi connectivity index (χ4n) is 4.83. The van der Waals surface area contributed by atoms with Crippen molar-refractivity contribution in [2.24, 2.45) is 5.41 Å². The molecule has 0 unspecified atom stereocenters. The number of carbonyl (C=O) groups is 1. The van der Waals surface area contributed by atoms with Gasteiger partial charge in [-0.3, -0.25) is 4.79 Å². The molecule has 0 aromatic heterocycles. The van der Waals surface area contributed by atoms with Gasteiger partial charge in [-0.1, -0.05) is 121 Å². The van der Waals surface area contributed by atoms with Gasteiger partial charge in [-0.25, -0.2) is 0 Å². The lowest BCUT2D eigenvalue weighted by atomic mass is 9.88. The van der Waals surface area contributed by atoms with Crippen LogP contribution in [-0.2, 0) is 4.79 Å². The van der Waals surface area contributed by atoms with Crippen LogP contribution in [0.1, 0.15) is 55.8 Å². The minimum Gasteiger partial charge on any atom is -0.355 e. The van der Waals surface area contributed by atoms with E-state index in [1.54, 1.807) is 0 Å². The second-order valence-corrected chi connectivity index (χ2v) is 10.4. The molecule has 0 bridgehead atoms. The fraction of sp³-hybridized carbons (Fsp3) is 0.250. The van der Waals surface area contributed by atoms with E-state index >= 15 is 0 Å². The molecule has 3 nitrogen and oxygen atoms in total. The van der Waals surface area contributed by atoms with E-state index in [-0.39, 0.29) is 17.9 Å². The Bertz CT molecular complexity index is 1400. The summed E-state index contributed by atoms with van der Waals surface area (Å²) >= 11 is 0. The van der Waals surface area contributed by atoms with Crippen molar-refractivity contribution >= 4 is 16.7 Å². The van der Waals surface area contributed by atoms with Crippen LogP contribution < -0.4 is 10.6 Å². The van der Waals surface area contributed by atoms with E-state index < -0.39 is 5.41 Å². The predicted molar refractivity (Wildman–Crippen MR) is 163 cm³/mol. The van der Waals surface area contributed by atoms with Crippen LogP contribution in [0, 0.1) is 17.3 Å². The molecule has 2 N–H and O–H groups in total. The molecule has 0 aliphatic carbocycles. The molecule has 3 heteroatoms. The lowest BCUT2D eigenvalue weighted by Crippen LogP contribution is -2.37. The van der Waals surface area contributed by atoms with E-state index in [1.807, 2.05) is 38.1 Å². The third-order valence-corrected chi connectivity index (χ3v) is 7.11. The number of benzene rings is 4. The smallest absolute Gasteiger partial charge is 0.237 e. The molecule has 1 amide bonds. The molecule has 1 atom stereocenters. The maximum absolute atomic E-state index is 12.9. The monoisotopic (exact) mass is 514 g/mol. The van der Waals surface area contributed by atoms with Gasteiger partial charge in [0, 0.05) is 25.0 Å². The van der Waals surface area contributed by atoms with Gasteiger partial charge in [0.15, 0.2) is 0 Å². The van der Waals surface area contributed by atoms with Crippen LogP contribution in [0.4, 0.5) is 0 Å². The second kappa shape index (κ2) is 13.6. The number of nitrogens with one attached hydrogen (secondary N) is 2. The van der Waals surface area contributed by atoms with E-state index in [4.69, 9.17) is 0 Å². The molecule has 0 aliphatic rings. The zero-order valence-corrected chi connectivity index (χ0v) is 23.2. The normalized spacial score (nSPS) is 12.3. The van der Waals surface area contributed by atoms with Gasteiger partial charge in [0.25, 0.3) is 0 Å². The van der Waals surface area contributed by atoms with Gasteiger partial charge < -0.3 is 10.6 Å². The summed E-state index contributed by atoms with van der Waals surface area (Å²) in [6, 6.07) is 36.0. The van der Waals surface area contributed by atoms with Crippen molar-refractivity contribution in [3.8, 4) is 11.8 Å². The largest absolute Gasteiger partial charge is 0.355 e. The summed E-state index contributed by atoms with van der Waals surface area (Å²) in [5.41, 5.74) is 3.02. The van der Waals surface area contributed by atoms with Gasteiger partial charge in [0.05, 0.1) is 0 Å². The van der Waals surface area contributed by atoms with Crippen LogP contribution in [0.5, 0.6) is 0 Å². The highest BCUT2D eigenvalue weighted by Crippen LogP contribution is 2.28. The minimum atomic E-state index is -0.775. The maximum atomic E-state index is 12.9. The Hall–Kier alpha value is -4.13. The first-order valence-corrected chi connectivity index (χ1v) is 13.7. The van der Waals surface area contributed by atoms with Crippen LogP contribution >= 0.6 is 0 Å². The molecule has 4 rings (SSSR count). The molecule has 4 aromatic rings. The third kappa shape index (κ3) is 7.69. The molecule has 0 heterocycles. The molecule has 39 heavy (non-hydrogen) atoms. The Morgan fingerprint density at radius 1 is 0.846 bits per heavy atom. The van der Waals surface area contributed by atoms with Crippen LogP contribution in [0.25, 0.3) is 10.8 Å². The van der Waals surface area contributed by atoms with Crippen molar-refractivity contribution in [1.82, 2.24) is 10.6 Å². The SMILES string of the molecule is C[C@@H](NCC=CC#CC(C)(C)C(=O)NCCC(c1ccccc1)c1ccccc1)c1cccc2ccccc12. The van der Waals surface area contributed by atoms with Gasteiger partial charge >= 0.3 is 0 Å². The number of fused-ring (bicyclic) bond motifs is 1. The summed E-state index contributed by atoms with van der Waals surface area (Å²) in [5, 5.41) is 9.18. The lowest BCUT2D eigenvalue weighted by Gasteiger charge is -2.21. The molecule has 0 spiro atoms. The second-order valence-electron chi connectivity index (χ2n) is 10.4. The van der Waals surface area contributed by atoms with Gasteiger partial charge in [0.1, 0.15) is 5.41 Å². The van der Waals surface area contributed by atoms with Crippen molar-refractivity contribution in [2.75, 3.05) is 13.1 Å². The zero-order chi connectivity index (χ0) is 27.5. The summed E-state index contributed by atoms with van der Waals surface area (Å²) < 4.78 is 0. The van der Waals surface area contributed by atoms with E-state index in [0.29, 0.717) is 13.1 Å². The Kier molecular flexibility index (Phi) is 9.73. The van der Waals surface area contributed by atoms with E-state index in [1.165, 1.54) is 27.5 Å². The molecular weight excluding hydrogens is 476 g/mol. The maximum Gasteiger partial charge on any atom is 0.237 e. The van der Waals surface area contributed by atoms with Crippen molar-refractivity contribution in [3.05, 3.63) is 132 Å². The molecule has 4 aromatic carbocycles. The first-order chi connectivity index (χ1) is 19.0. The Morgan fingerprint density at radius 2 is 1.46 bits per heavy atom. The van der Waals surface area contributed by atoms with Crippen molar-refractivity contribution in [1.29, 1.82) is 0 Å². The van der Waals surface area contributed by atoms with Gasteiger partial charge in [-0.2, -0.15) is 0 Å².